The minimum Gasteiger partial charge on any atom is -0.454 e. The minimum absolute atomic E-state index is 0. The zero-order chi connectivity index (χ0) is 20.8. The van der Waals surface area contributed by atoms with Gasteiger partial charge in [-0.3, -0.25) is 4.99 Å². The molecule has 1 aromatic heterocycles. The summed E-state index contributed by atoms with van der Waals surface area (Å²) in [7, 11) is 5.47. The smallest absolute Gasteiger partial charge is 0.387 e. The summed E-state index contributed by atoms with van der Waals surface area (Å²) in [6.07, 6.45) is 1.74. The van der Waals surface area contributed by atoms with Crippen molar-refractivity contribution in [2.75, 3.05) is 32.8 Å². The molecule has 0 atom stereocenters. The van der Waals surface area contributed by atoms with E-state index in [0.717, 1.165) is 11.4 Å². The highest BCUT2D eigenvalue weighted by molar-refractivity contribution is 14.0. The Morgan fingerprint density at radius 3 is 2.57 bits per heavy atom. The Kier molecular flexibility index (Phi) is 8.69. The van der Waals surface area contributed by atoms with Crippen LogP contribution in [0.4, 0.5) is 14.6 Å². The number of rotatable bonds is 7. The molecule has 11 heteroatoms. The van der Waals surface area contributed by atoms with Crippen molar-refractivity contribution in [3.63, 3.8) is 0 Å². The number of halogens is 3. The second kappa shape index (κ2) is 11.0. The molecule has 0 radical (unpaired) electrons. The number of ether oxygens (including phenoxy) is 3. The first-order valence-corrected chi connectivity index (χ1v) is 8.90. The van der Waals surface area contributed by atoms with Crippen molar-refractivity contribution in [2.24, 2.45) is 4.99 Å². The maximum atomic E-state index is 12.8. The van der Waals surface area contributed by atoms with Gasteiger partial charge in [0, 0.05) is 52.1 Å². The number of benzene rings is 1. The normalized spacial score (nSPS) is 12.4. The molecule has 0 saturated carbocycles. The summed E-state index contributed by atoms with van der Waals surface area (Å²) < 4.78 is 40.7. The third kappa shape index (κ3) is 6.21. The van der Waals surface area contributed by atoms with E-state index in [-0.39, 0.29) is 43.1 Å². The van der Waals surface area contributed by atoms with Gasteiger partial charge in [0.05, 0.1) is 0 Å². The van der Waals surface area contributed by atoms with Gasteiger partial charge in [-0.25, -0.2) is 4.98 Å². The Morgan fingerprint density at radius 1 is 1.20 bits per heavy atom. The second-order valence-electron chi connectivity index (χ2n) is 6.39. The number of guanidine groups is 1. The van der Waals surface area contributed by atoms with Crippen LogP contribution in [-0.2, 0) is 13.1 Å². The predicted molar refractivity (Wildman–Crippen MR) is 120 cm³/mol. The van der Waals surface area contributed by atoms with Crippen molar-refractivity contribution in [1.29, 1.82) is 0 Å². The van der Waals surface area contributed by atoms with Gasteiger partial charge in [0.25, 0.3) is 0 Å². The first kappa shape index (κ1) is 23.7. The number of nitrogens with one attached hydrogen (secondary N) is 2. The summed E-state index contributed by atoms with van der Waals surface area (Å²) >= 11 is 0. The van der Waals surface area contributed by atoms with Gasteiger partial charge in [0.15, 0.2) is 17.5 Å². The van der Waals surface area contributed by atoms with Crippen LogP contribution in [0.15, 0.2) is 35.5 Å². The summed E-state index contributed by atoms with van der Waals surface area (Å²) in [5, 5.41) is 6.27. The molecule has 164 valence electrons. The molecule has 2 aromatic rings. The van der Waals surface area contributed by atoms with Crippen LogP contribution in [0.3, 0.4) is 0 Å². The zero-order valence-electron chi connectivity index (χ0n) is 16.8. The third-order valence-electron chi connectivity index (χ3n) is 4.17. The molecule has 0 fully saturated rings. The fraction of sp³-hybridized carbons (Fsp3) is 0.368. The summed E-state index contributed by atoms with van der Waals surface area (Å²) in [4.78, 5) is 10.4. The number of fused-ring (bicyclic) bond motifs is 1. The maximum absolute atomic E-state index is 12.8. The van der Waals surface area contributed by atoms with E-state index in [1.54, 1.807) is 19.3 Å². The second-order valence-corrected chi connectivity index (χ2v) is 6.39. The number of hydrogen-bond donors (Lipinski definition) is 2. The molecule has 0 aliphatic carbocycles. The summed E-state index contributed by atoms with van der Waals surface area (Å²) in [6, 6.07) is 6.89. The number of aliphatic imine (C=N–C) groups is 1. The van der Waals surface area contributed by atoms with Crippen LogP contribution in [-0.4, -0.2) is 45.5 Å². The molecular formula is C19H24F2IN5O3. The Balaban J connectivity index is 0.00000320. The molecule has 0 amide bonds. The van der Waals surface area contributed by atoms with Gasteiger partial charge in [-0.1, -0.05) is 0 Å². The summed E-state index contributed by atoms with van der Waals surface area (Å²) in [5.74, 6) is 2.24. The lowest BCUT2D eigenvalue weighted by Crippen LogP contribution is -2.36. The first-order valence-electron chi connectivity index (χ1n) is 8.90. The molecule has 2 heterocycles. The van der Waals surface area contributed by atoms with E-state index < -0.39 is 6.61 Å². The van der Waals surface area contributed by atoms with E-state index in [2.05, 4.69) is 25.3 Å². The fourth-order valence-electron chi connectivity index (χ4n) is 2.71. The van der Waals surface area contributed by atoms with Gasteiger partial charge >= 0.3 is 6.61 Å². The van der Waals surface area contributed by atoms with Crippen molar-refractivity contribution in [3.05, 3.63) is 41.6 Å². The molecule has 8 nitrogen and oxygen atoms in total. The van der Waals surface area contributed by atoms with Gasteiger partial charge in [0.2, 0.25) is 6.79 Å². The fourth-order valence-corrected chi connectivity index (χ4v) is 2.71. The predicted octanol–water partition coefficient (Wildman–Crippen LogP) is 2.96. The molecular weight excluding hydrogens is 511 g/mol. The van der Waals surface area contributed by atoms with Crippen LogP contribution in [0.1, 0.15) is 11.1 Å². The molecule has 1 aliphatic heterocycles. The highest BCUT2D eigenvalue weighted by atomic mass is 127. The summed E-state index contributed by atoms with van der Waals surface area (Å²) in [6.45, 7) is -2.17. The van der Waals surface area contributed by atoms with E-state index in [1.807, 2.05) is 31.1 Å². The summed E-state index contributed by atoms with van der Waals surface area (Å²) in [5.41, 5.74) is 1.52. The average molecular weight is 535 g/mol. The van der Waals surface area contributed by atoms with E-state index >= 15 is 0 Å². The van der Waals surface area contributed by atoms with Crippen molar-refractivity contribution in [1.82, 2.24) is 15.6 Å². The number of pyridine rings is 1. The van der Waals surface area contributed by atoms with Crippen molar-refractivity contribution in [3.8, 4) is 17.2 Å². The minimum atomic E-state index is -2.94. The quantitative estimate of drug-likeness (QED) is 0.321. The Morgan fingerprint density at radius 2 is 1.90 bits per heavy atom. The van der Waals surface area contributed by atoms with E-state index in [0.29, 0.717) is 29.6 Å². The molecule has 3 rings (SSSR count). The van der Waals surface area contributed by atoms with Gasteiger partial charge in [0.1, 0.15) is 11.6 Å². The van der Waals surface area contributed by atoms with Gasteiger partial charge in [-0.05, 0) is 23.8 Å². The first-order chi connectivity index (χ1) is 14.0. The SMILES string of the molecule is CN=C(NCc1ccnc(N(C)C)c1)NCc1cc2c(cc1OC(F)F)OCO2.I. The maximum Gasteiger partial charge on any atom is 0.387 e. The lowest BCUT2D eigenvalue weighted by atomic mass is 10.1. The molecule has 0 bridgehead atoms. The van der Waals surface area contributed by atoms with Gasteiger partial charge in [-0.2, -0.15) is 8.78 Å². The number of anilines is 1. The molecule has 1 aliphatic rings. The number of hydrogen-bond acceptors (Lipinski definition) is 6. The molecule has 0 spiro atoms. The van der Waals surface area contributed by atoms with Crippen LogP contribution in [0.25, 0.3) is 0 Å². The topological polar surface area (TPSA) is 80.2 Å². The third-order valence-corrected chi connectivity index (χ3v) is 4.17. The number of alkyl halides is 2. The van der Waals surface area contributed by atoms with Crippen LogP contribution < -0.4 is 29.7 Å². The Labute approximate surface area is 190 Å². The van der Waals surface area contributed by atoms with E-state index in [1.165, 1.54) is 6.07 Å². The molecule has 30 heavy (non-hydrogen) atoms. The monoisotopic (exact) mass is 535 g/mol. The van der Waals surface area contributed by atoms with E-state index in [9.17, 15) is 8.78 Å². The lowest BCUT2D eigenvalue weighted by molar-refractivity contribution is -0.0505. The van der Waals surface area contributed by atoms with Crippen LogP contribution in [0, 0.1) is 0 Å². The van der Waals surface area contributed by atoms with Gasteiger partial charge in [-0.15, -0.1) is 24.0 Å². The van der Waals surface area contributed by atoms with Gasteiger partial charge < -0.3 is 29.7 Å². The van der Waals surface area contributed by atoms with E-state index in [4.69, 9.17) is 9.47 Å². The van der Waals surface area contributed by atoms with Crippen LogP contribution in [0.5, 0.6) is 17.2 Å². The Bertz CT molecular complexity index is 883. The molecule has 0 saturated heterocycles. The molecule has 2 N–H and O–H groups in total. The highest BCUT2D eigenvalue weighted by Crippen LogP contribution is 2.38. The lowest BCUT2D eigenvalue weighted by Gasteiger charge is -2.16. The largest absolute Gasteiger partial charge is 0.454 e. The van der Waals surface area contributed by atoms with Crippen molar-refractivity contribution >= 4 is 35.8 Å². The van der Waals surface area contributed by atoms with Crippen molar-refractivity contribution < 1.29 is 23.0 Å². The number of aromatic nitrogens is 1. The molecule has 0 unspecified atom stereocenters. The number of nitrogens with zero attached hydrogens (tertiary/aromatic N) is 3. The zero-order valence-corrected chi connectivity index (χ0v) is 19.1. The highest BCUT2D eigenvalue weighted by Gasteiger charge is 2.20. The van der Waals surface area contributed by atoms with Crippen LogP contribution >= 0.6 is 24.0 Å². The molecule has 1 aromatic carbocycles. The Hall–Kier alpha value is -2.57. The average Bonchev–Trinajstić information content (AvgIpc) is 3.15. The van der Waals surface area contributed by atoms with Crippen molar-refractivity contribution in [2.45, 2.75) is 19.7 Å². The standard InChI is InChI=1S/C19H23F2N5O3.HI/c1-22-19(24-9-12-4-5-23-17(6-12)26(2)3)25-10-13-7-15-16(28-11-27-15)8-14(13)29-18(20)21;/h4-8,18H,9-11H2,1-3H3,(H2,22,24,25);1H. The van der Waals surface area contributed by atoms with Crippen LogP contribution in [0.2, 0.25) is 0 Å².